The number of rotatable bonds is 1. The molecule has 2 N–H and O–H groups in total. The van der Waals surface area contributed by atoms with Crippen molar-refractivity contribution in [3.05, 3.63) is 28.8 Å². The van der Waals surface area contributed by atoms with Crippen molar-refractivity contribution < 1.29 is 9.53 Å². The fourth-order valence-electron chi connectivity index (χ4n) is 1.40. The van der Waals surface area contributed by atoms with E-state index in [2.05, 4.69) is 0 Å². The third kappa shape index (κ3) is 2.75. The Balaban J connectivity index is 3.06. The van der Waals surface area contributed by atoms with Crippen LogP contribution >= 0.6 is 0 Å². The van der Waals surface area contributed by atoms with Crippen LogP contribution in [0, 0.1) is 13.8 Å². The fourth-order valence-corrected chi connectivity index (χ4v) is 1.40. The minimum Gasteiger partial charge on any atom is -0.456 e. The van der Waals surface area contributed by atoms with Gasteiger partial charge >= 0.3 is 5.97 Å². The van der Waals surface area contributed by atoms with Crippen molar-refractivity contribution in [1.29, 1.82) is 0 Å². The Bertz CT molecular complexity index is 417. The van der Waals surface area contributed by atoms with Gasteiger partial charge in [-0.3, -0.25) is 0 Å². The van der Waals surface area contributed by atoms with Crippen LogP contribution in [0.5, 0.6) is 0 Å². The van der Waals surface area contributed by atoms with Crippen LogP contribution in [0.25, 0.3) is 0 Å². The van der Waals surface area contributed by atoms with Crippen LogP contribution in [-0.2, 0) is 4.74 Å². The van der Waals surface area contributed by atoms with E-state index in [1.165, 1.54) is 0 Å². The van der Waals surface area contributed by atoms with Gasteiger partial charge in [0, 0.05) is 5.69 Å². The summed E-state index contributed by atoms with van der Waals surface area (Å²) in [6, 6.07) is 3.45. The molecule has 0 saturated heterocycles. The maximum absolute atomic E-state index is 11.9. The number of esters is 1. The monoisotopic (exact) mass is 221 g/mol. The molecule has 1 rings (SSSR count). The molecule has 0 saturated carbocycles. The summed E-state index contributed by atoms with van der Waals surface area (Å²) < 4.78 is 5.32. The van der Waals surface area contributed by atoms with E-state index < -0.39 is 5.60 Å². The number of nitrogen functional groups attached to an aromatic ring is 1. The quantitative estimate of drug-likeness (QED) is 0.586. The summed E-state index contributed by atoms with van der Waals surface area (Å²) >= 11 is 0. The van der Waals surface area contributed by atoms with Crippen molar-refractivity contribution in [2.45, 2.75) is 40.2 Å². The third-order valence-electron chi connectivity index (χ3n) is 2.45. The van der Waals surface area contributed by atoms with Crippen molar-refractivity contribution in [3.63, 3.8) is 0 Å². The van der Waals surface area contributed by atoms with Crippen LogP contribution in [0.1, 0.15) is 42.3 Å². The first kappa shape index (κ1) is 12.6. The van der Waals surface area contributed by atoms with E-state index in [-0.39, 0.29) is 5.97 Å². The maximum atomic E-state index is 11.9. The lowest BCUT2D eigenvalue weighted by Crippen LogP contribution is -2.24. The summed E-state index contributed by atoms with van der Waals surface area (Å²) in [5, 5.41) is 0. The lowest BCUT2D eigenvalue weighted by atomic mass is 10.0. The highest BCUT2D eigenvalue weighted by atomic mass is 16.6. The first-order chi connectivity index (χ1) is 7.22. The Morgan fingerprint density at radius 2 is 1.75 bits per heavy atom. The smallest absolute Gasteiger partial charge is 0.338 e. The molecule has 0 atom stereocenters. The number of carbonyl (C=O) groups excluding carboxylic acids is 1. The molecule has 0 fully saturated rings. The van der Waals surface area contributed by atoms with Gasteiger partial charge in [-0.1, -0.05) is 0 Å². The van der Waals surface area contributed by atoms with Gasteiger partial charge in [0.2, 0.25) is 0 Å². The zero-order chi connectivity index (χ0) is 12.5. The van der Waals surface area contributed by atoms with E-state index in [0.717, 1.165) is 11.1 Å². The SMILES string of the molecule is Cc1c(N)ccc(C(=O)OC(C)(C)C)c1C. The molecule has 3 heteroatoms. The van der Waals surface area contributed by atoms with E-state index in [1.54, 1.807) is 12.1 Å². The van der Waals surface area contributed by atoms with Gasteiger partial charge in [0.05, 0.1) is 5.56 Å². The second kappa shape index (κ2) is 4.16. The molecule has 1 aromatic rings. The second-order valence-corrected chi connectivity index (χ2v) is 4.95. The Morgan fingerprint density at radius 3 is 2.25 bits per heavy atom. The van der Waals surface area contributed by atoms with Gasteiger partial charge < -0.3 is 10.5 Å². The lowest BCUT2D eigenvalue weighted by Gasteiger charge is -2.20. The van der Waals surface area contributed by atoms with Gasteiger partial charge in [-0.25, -0.2) is 4.79 Å². The molecule has 3 nitrogen and oxygen atoms in total. The number of hydrogen-bond acceptors (Lipinski definition) is 3. The standard InChI is InChI=1S/C13H19NO2/c1-8-9(2)11(14)7-6-10(8)12(15)16-13(3,4)5/h6-7H,14H2,1-5H3. The van der Waals surface area contributed by atoms with Crippen LogP contribution in [0.4, 0.5) is 5.69 Å². The largest absolute Gasteiger partial charge is 0.456 e. The summed E-state index contributed by atoms with van der Waals surface area (Å²) in [4.78, 5) is 11.9. The van der Waals surface area contributed by atoms with Crippen LogP contribution in [0.3, 0.4) is 0 Å². The van der Waals surface area contributed by atoms with Crippen molar-refractivity contribution in [2.75, 3.05) is 5.73 Å². The Labute approximate surface area is 96.6 Å². The van der Waals surface area contributed by atoms with Crippen LogP contribution < -0.4 is 5.73 Å². The van der Waals surface area contributed by atoms with Crippen molar-refractivity contribution >= 4 is 11.7 Å². The first-order valence-electron chi connectivity index (χ1n) is 5.31. The fraction of sp³-hybridized carbons (Fsp3) is 0.462. The van der Waals surface area contributed by atoms with E-state index in [0.29, 0.717) is 11.3 Å². The average Bonchev–Trinajstić information content (AvgIpc) is 2.11. The van der Waals surface area contributed by atoms with Crippen molar-refractivity contribution in [3.8, 4) is 0 Å². The number of ether oxygens (including phenoxy) is 1. The van der Waals surface area contributed by atoms with Gasteiger partial charge in [0.15, 0.2) is 0 Å². The van der Waals surface area contributed by atoms with Gasteiger partial charge in [0.25, 0.3) is 0 Å². The Hall–Kier alpha value is -1.51. The molecule has 0 spiro atoms. The molecule has 0 bridgehead atoms. The normalized spacial score (nSPS) is 11.3. The summed E-state index contributed by atoms with van der Waals surface area (Å²) in [7, 11) is 0. The summed E-state index contributed by atoms with van der Waals surface area (Å²) in [5.74, 6) is -0.298. The third-order valence-corrected chi connectivity index (χ3v) is 2.45. The molecule has 0 radical (unpaired) electrons. The summed E-state index contributed by atoms with van der Waals surface area (Å²) in [6.45, 7) is 9.34. The molecule has 0 aliphatic carbocycles. The molecule has 0 aromatic heterocycles. The zero-order valence-electron chi connectivity index (χ0n) is 10.5. The Morgan fingerprint density at radius 1 is 1.19 bits per heavy atom. The number of hydrogen-bond donors (Lipinski definition) is 1. The highest BCUT2D eigenvalue weighted by molar-refractivity contribution is 5.92. The van der Waals surface area contributed by atoms with Crippen molar-refractivity contribution in [1.82, 2.24) is 0 Å². The highest BCUT2D eigenvalue weighted by Crippen LogP contribution is 2.21. The second-order valence-electron chi connectivity index (χ2n) is 4.95. The van der Waals surface area contributed by atoms with Crippen molar-refractivity contribution in [2.24, 2.45) is 0 Å². The molecular weight excluding hydrogens is 202 g/mol. The number of anilines is 1. The predicted molar refractivity (Wildman–Crippen MR) is 65.5 cm³/mol. The number of benzene rings is 1. The van der Waals surface area contributed by atoms with Gasteiger partial charge in [-0.2, -0.15) is 0 Å². The molecule has 16 heavy (non-hydrogen) atoms. The maximum Gasteiger partial charge on any atom is 0.338 e. The van der Waals surface area contributed by atoms with E-state index >= 15 is 0 Å². The van der Waals surface area contributed by atoms with Crippen LogP contribution in [0.2, 0.25) is 0 Å². The van der Waals surface area contributed by atoms with Gasteiger partial charge in [0.1, 0.15) is 5.60 Å². The molecule has 0 amide bonds. The molecule has 1 aromatic carbocycles. The van der Waals surface area contributed by atoms with Crippen LogP contribution in [0.15, 0.2) is 12.1 Å². The minimum absolute atomic E-state index is 0.298. The zero-order valence-corrected chi connectivity index (χ0v) is 10.5. The molecule has 0 aliphatic rings. The molecule has 88 valence electrons. The molecular formula is C13H19NO2. The molecule has 0 heterocycles. The predicted octanol–water partition coefficient (Wildman–Crippen LogP) is 2.84. The molecule has 0 aliphatic heterocycles. The number of nitrogens with two attached hydrogens (primary N) is 1. The Kier molecular flexibility index (Phi) is 3.27. The summed E-state index contributed by atoms with van der Waals surface area (Å²) in [6.07, 6.45) is 0. The number of carbonyl (C=O) groups is 1. The average molecular weight is 221 g/mol. The highest BCUT2D eigenvalue weighted by Gasteiger charge is 2.20. The van der Waals surface area contributed by atoms with Gasteiger partial charge in [-0.15, -0.1) is 0 Å². The van der Waals surface area contributed by atoms with E-state index in [1.807, 2.05) is 34.6 Å². The molecule has 0 unspecified atom stereocenters. The van der Waals surface area contributed by atoms with E-state index in [4.69, 9.17) is 10.5 Å². The van der Waals surface area contributed by atoms with Crippen LogP contribution in [-0.4, -0.2) is 11.6 Å². The summed E-state index contributed by atoms with van der Waals surface area (Å²) in [5.41, 5.74) is 8.39. The first-order valence-corrected chi connectivity index (χ1v) is 5.31. The minimum atomic E-state index is -0.473. The lowest BCUT2D eigenvalue weighted by molar-refractivity contribution is 0.00687. The topological polar surface area (TPSA) is 52.3 Å². The van der Waals surface area contributed by atoms with E-state index in [9.17, 15) is 4.79 Å². The van der Waals surface area contributed by atoms with Gasteiger partial charge in [-0.05, 0) is 57.9 Å².